The average Bonchev–Trinajstić information content (AvgIpc) is 2.82. The van der Waals surface area contributed by atoms with E-state index in [0.717, 1.165) is 0 Å². The van der Waals surface area contributed by atoms with Gasteiger partial charge in [-0.05, 0) is 54.2 Å². The van der Waals surface area contributed by atoms with Crippen LogP contribution in [0.15, 0.2) is 33.6 Å². The van der Waals surface area contributed by atoms with Crippen LogP contribution in [0.5, 0.6) is 0 Å². The zero-order chi connectivity index (χ0) is 15.5. The molecule has 0 radical (unpaired) electrons. The van der Waals surface area contributed by atoms with E-state index >= 15 is 0 Å². The van der Waals surface area contributed by atoms with Crippen LogP contribution in [0, 0.1) is 5.41 Å². The van der Waals surface area contributed by atoms with E-state index in [1.54, 1.807) is 16.2 Å². The molecule has 0 aromatic carbocycles. The minimum absolute atomic E-state index is 0.180. The number of rotatable bonds is 2. The molecule has 2 fully saturated rings. The number of esters is 1. The first-order valence-electron chi connectivity index (χ1n) is 7.05. The van der Waals surface area contributed by atoms with Crippen molar-refractivity contribution in [2.45, 2.75) is 50.9 Å². The Morgan fingerprint density at radius 1 is 1.38 bits per heavy atom. The molecule has 0 unspecified atom stereocenters. The van der Waals surface area contributed by atoms with Crippen molar-refractivity contribution in [1.29, 1.82) is 0 Å². The van der Waals surface area contributed by atoms with Gasteiger partial charge in [-0.25, -0.2) is 4.79 Å². The van der Waals surface area contributed by atoms with Crippen LogP contribution in [-0.4, -0.2) is 28.4 Å². The van der Waals surface area contributed by atoms with Crippen molar-refractivity contribution in [3.63, 3.8) is 0 Å². The SMILES string of the molecule is CC1(C)C[C@H](O)C[C@@]2(C)O[C@@]12/C=C/C1=CC(=C/I)/OC1=O. The molecule has 1 aliphatic carbocycles. The van der Waals surface area contributed by atoms with Gasteiger partial charge in [-0.15, -0.1) is 0 Å². The summed E-state index contributed by atoms with van der Waals surface area (Å²) >= 11 is 2.04. The second kappa shape index (κ2) is 4.67. The second-order valence-electron chi connectivity index (χ2n) is 6.85. The van der Waals surface area contributed by atoms with Gasteiger partial charge in [0.2, 0.25) is 0 Å². The maximum atomic E-state index is 11.8. The first-order chi connectivity index (χ1) is 9.73. The van der Waals surface area contributed by atoms with Crippen LogP contribution in [-0.2, 0) is 14.3 Å². The van der Waals surface area contributed by atoms with Gasteiger partial charge in [0.15, 0.2) is 0 Å². The van der Waals surface area contributed by atoms with Crippen molar-refractivity contribution in [2.24, 2.45) is 5.41 Å². The number of carbonyl (C=O) groups excluding carboxylic acids is 1. The molecule has 1 saturated carbocycles. The van der Waals surface area contributed by atoms with Gasteiger partial charge in [-0.1, -0.05) is 13.8 Å². The van der Waals surface area contributed by atoms with Gasteiger partial charge >= 0.3 is 5.97 Å². The van der Waals surface area contributed by atoms with Crippen LogP contribution in [0.25, 0.3) is 0 Å². The Morgan fingerprint density at radius 2 is 2.10 bits per heavy atom. The molecule has 0 aromatic heterocycles. The zero-order valence-electron chi connectivity index (χ0n) is 12.4. The van der Waals surface area contributed by atoms with Crippen LogP contribution in [0.4, 0.5) is 0 Å². The normalized spacial score (nSPS) is 42.9. The number of hydrogen-bond acceptors (Lipinski definition) is 4. The van der Waals surface area contributed by atoms with Gasteiger partial charge in [0.05, 0.1) is 11.7 Å². The Labute approximate surface area is 138 Å². The molecule has 5 heteroatoms. The molecular formula is C16H19IO4. The zero-order valence-corrected chi connectivity index (χ0v) is 14.5. The number of fused-ring (bicyclic) bond motifs is 1. The number of halogens is 1. The van der Waals surface area contributed by atoms with Gasteiger partial charge in [-0.2, -0.15) is 0 Å². The van der Waals surface area contributed by atoms with E-state index in [4.69, 9.17) is 9.47 Å². The number of hydrogen-bond donors (Lipinski definition) is 1. The molecule has 1 saturated heterocycles. The molecule has 1 N–H and O–H groups in total. The van der Waals surface area contributed by atoms with Gasteiger partial charge < -0.3 is 14.6 Å². The summed E-state index contributed by atoms with van der Waals surface area (Å²) in [6.07, 6.45) is 6.48. The lowest BCUT2D eigenvalue weighted by molar-refractivity contribution is -0.132. The molecule has 3 rings (SSSR count). The molecule has 114 valence electrons. The molecule has 0 aromatic rings. The average molecular weight is 402 g/mol. The van der Waals surface area contributed by atoms with Gasteiger partial charge in [0.25, 0.3) is 0 Å². The molecule has 2 aliphatic heterocycles. The Balaban J connectivity index is 1.88. The highest BCUT2D eigenvalue weighted by Gasteiger charge is 2.74. The maximum Gasteiger partial charge on any atom is 0.343 e. The van der Waals surface area contributed by atoms with Crippen LogP contribution < -0.4 is 0 Å². The number of carbonyl (C=O) groups is 1. The summed E-state index contributed by atoms with van der Waals surface area (Å²) in [6.45, 7) is 6.23. The van der Waals surface area contributed by atoms with E-state index < -0.39 is 5.60 Å². The number of ether oxygens (including phenoxy) is 2. The summed E-state index contributed by atoms with van der Waals surface area (Å²) in [7, 11) is 0. The molecule has 0 bridgehead atoms. The van der Waals surface area contributed by atoms with Gasteiger partial charge in [0, 0.05) is 15.9 Å². The van der Waals surface area contributed by atoms with Crippen molar-refractivity contribution < 1.29 is 19.4 Å². The van der Waals surface area contributed by atoms with E-state index in [1.165, 1.54) is 0 Å². The number of allylic oxidation sites excluding steroid dienone is 1. The highest BCUT2D eigenvalue weighted by molar-refractivity contribution is 14.1. The topological polar surface area (TPSA) is 59.1 Å². The second-order valence-corrected chi connectivity index (χ2v) is 7.47. The molecular weight excluding hydrogens is 383 g/mol. The predicted molar refractivity (Wildman–Crippen MR) is 86.7 cm³/mol. The summed E-state index contributed by atoms with van der Waals surface area (Å²) in [5.74, 6) is 0.233. The summed E-state index contributed by atoms with van der Waals surface area (Å²) in [5, 5.41) is 10.0. The fourth-order valence-corrected chi connectivity index (χ4v) is 4.17. The van der Waals surface area contributed by atoms with Gasteiger partial charge in [0.1, 0.15) is 17.0 Å². The lowest BCUT2D eigenvalue weighted by Crippen LogP contribution is -2.46. The lowest BCUT2D eigenvalue weighted by atomic mass is 9.63. The molecule has 3 aliphatic rings. The third-order valence-electron chi connectivity index (χ3n) is 4.86. The van der Waals surface area contributed by atoms with Crippen molar-refractivity contribution in [2.75, 3.05) is 0 Å². The van der Waals surface area contributed by atoms with E-state index in [9.17, 15) is 9.90 Å². The van der Waals surface area contributed by atoms with Crippen molar-refractivity contribution in [3.05, 3.63) is 33.6 Å². The number of cyclic esters (lactones) is 1. The van der Waals surface area contributed by atoms with E-state index in [2.05, 4.69) is 13.8 Å². The van der Waals surface area contributed by atoms with Crippen molar-refractivity contribution in [3.8, 4) is 0 Å². The van der Waals surface area contributed by atoms with E-state index in [-0.39, 0.29) is 23.1 Å². The Kier molecular flexibility index (Phi) is 3.39. The largest absolute Gasteiger partial charge is 0.422 e. The van der Waals surface area contributed by atoms with Crippen LogP contribution >= 0.6 is 22.6 Å². The summed E-state index contributed by atoms with van der Waals surface area (Å²) in [4.78, 5) is 11.8. The smallest absolute Gasteiger partial charge is 0.343 e. The molecule has 21 heavy (non-hydrogen) atoms. The molecule has 0 spiro atoms. The third kappa shape index (κ3) is 2.21. The number of aliphatic hydroxyl groups excluding tert-OH is 1. The fourth-order valence-electron chi connectivity index (χ4n) is 3.86. The molecule has 2 heterocycles. The fraction of sp³-hybridized carbons (Fsp3) is 0.562. The summed E-state index contributed by atoms with van der Waals surface area (Å²) < 4.78 is 12.9. The summed E-state index contributed by atoms with van der Waals surface area (Å²) in [5.41, 5.74) is -0.416. The minimum Gasteiger partial charge on any atom is -0.422 e. The lowest BCUT2D eigenvalue weighted by Gasteiger charge is -2.39. The van der Waals surface area contributed by atoms with E-state index in [1.807, 2.05) is 35.6 Å². The first-order valence-corrected chi connectivity index (χ1v) is 8.29. The Bertz CT molecular complexity index is 589. The van der Waals surface area contributed by atoms with Crippen molar-refractivity contribution >= 4 is 28.6 Å². The van der Waals surface area contributed by atoms with E-state index in [0.29, 0.717) is 24.2 Å². The molecule has 0 amide bonds. The summed E-state index contributed by atoms with van der Waals surface area (Å²) in [6, 6.07) is 0. The van der Waals surface area contributed by atoms with Crippen LogP contribution in [0.1, 0.15) is 33.6 Å². The molecule has 4 nitrogen and oxygen atoms in total. The number of epoxide rings is 1. The van der Waals surface area contributed by atoms with Crippen LogP contribution in [0.3, 0.4) is 0 Å². The monoisotopic (exact) mass is 402 g/mol. The highest BCUT2D eigenvalue weighted by atomic mass is 127. The highest BCUT2D eigenvalue weighted by Crippen LogP contribution is 2.66. The standard InChI is InChI=1S/C16H19IO4/c1-14(2)7-11(18)8-15(3)16(14,21-15)5-4-10-6-12(9-17)20-13(10)19/h4-6,9,11,18H,7-8H2,1-3H3/b5-4+,12-9-/t11-,15+,16-/m0/s1. The Morgan fingerprint density at radius 3 is 2.67 bits per heavy atom. The maximum absolute atomic E-state index is 11.8. The number of aliphatic hydroxyl groups is 1. The quantitative estimate of drug-likeness (QED) is 0.438. The first kappa shape index (κ1) is 15.2. The van der Waals surface area contributed by atoms with Gasteiger partial charge in [-0.3, -0.25) is 0 Å². The minimum atomic E-state index is -0.420. The molecule has 3 atom stereocenters. The Hall–Kier alpha value is -0.660. The third-order valence-corrected chi connectivity index (χ3v) is 5.47. The van der Waals surface area contributed by atoms with Crippen molar-refractivity contribution in [1.82, 2.24) is 0 Å². The predicted octanol–water partition coefficient (Wildman–Crippen LogP) is 3.01. The van der Waals surface area contributed by atoms with Crippen LogP contribution in [0.2, 0.25) is 0 Å².